The number of carbonyl (C=O) groups excluding carboxylic acids is 1. The lowest BCUT2D eigenvalue weighted by molar-refractivity contribution is 0.0766. The lowest BCUT2D eigenvalue weighted by Gasteiger charge is -2.24. The van der Waals surface area contributed by atoms with E-state index in [2.05, 4.69) is 4.90 Å². The number of nitrogens with two attached hydrogens (primary N) is 1. The Balaban J connectivity index is 1.68. The quantitative estimate of drug-likeness (QED) is 0.867. The Hall–Kier alpha value is -2.56. The molecule has 0 atom stereocenters. The Morgan fingerprint density at radius 1 is 1.00 bits per heavy atom. The fraction of sp³-hybridized carbons (Fsp3) is 0.278. The van der Waals surface area contributed by atoms with Gasteiger partial charge in [-0.05, 0) is 48.9 Å². The topological polar surface area (TPSA) is 49.6 Å². The Morgan fingerprint density at radius 3 is 2.52 bits per heavy atom. The second-order valence-corrected chi connectivity index (χ2v) is 5.73. The first kappa shape index (κ1) is 15.3. The molecule has 0 aliphatic carbocycles. The van der Waals surface area contributed by atoms with Gasteiger partial charge < -0.3 is 15.5 Å². The molecule has 2 aromatic carbocycles. The minimum Gasteiger partial charge on any atom is -0.399 e. The lowest BCUT2D eigenvalue weighted by atomic mass is 10.2. The van der Waals surface area contributed by atoms with Crippen LogP contribution in [0.1, 0.15) is 16.8 Å². The highest BCUT2D eigenvalue weighted by Gasteiger charge is 2.20. The summed E-state index contributed by atoms with van der Waals surface area (Å²) in [5.74, 6) is -0.488. The summed E-state index contributed by atoms with van der Waals surface area (Å²) in [6, 6.07) is 13.6. The van der Waals surface area contributed by atoms with Crippen molar-refractivity contribution < 1.29 is 9.18 Å². The molecule has 2 N–H and O–H groups in total. The Labute approximate surface area is 135 Å². The maximum Gasteiger partial charge on any atom is 0.254 e. The van der Waals surface area contributed by atoms with Crippen LogP contribution in [0.2, 0.25) is 0 Å². The molecule has 1 amide bonds. The van der Waals surface area contributed by atoms with E-state index in [1.54, 1.807) is 17.0 Å². The van der Waals surface area contributed by atoms with Gasteiger partial charge in [0.2, 0.25) is 0 Å². The van der Waals surface area contributed by atoms with E-state index >= 15 is 0 Å². The molecule has 4 nitrogen and oxygen atoms in total. The average Bonchev–Trinajstić information content (AvgIpc) is 2.81. The standard InChI is InChI=1S/C18H20FN3O/c19-15-4-1-3-14(13-15)18(23)22-10-2-9-21(11-12-22)17-7-5-16(20)6-8-17/h1,3-8,13H,2,9-12,20H2. The van der Waals surface area contributed by atoms with Gasteiger partial charge in [-0.25, -0.2) is 4.39 Å². The molecule has 0 spiro atoms. The van der Waals surface area contributed by atoms with Gasteiger partial charge in [-0.15, -0.1) is 0 Å². The molecule has 1 fully saturated rings. The van der Waals surface area contributed by atoms with Crippen molar-refractivity contribution in [2.75, 3.05) is 36.8 Å². The second kappa shape index (κ2) is 6.69. The smallest absolute Gasteiger partial charge is 0.254 e. The van der Waals surface area contributed by atoms with Gasteiger partial charge >= 0.3 is 0 Å². The number of rotatable bonds is 2. The number of benzene rings is 2. The zero-order chi connectivity index (χ0) is 16.2. The van der Waals surface area contributed by atoms with Crippen molar-refractivity contribution in [2.24, 2.45) is 0 Å². The van der Waals surface area contributed by atoms with Gasteiger partial charge in [0.05, 0.1) is 0 Å². The Morgan fingerprint density at radius 2 is 1.78 bits per heavy atom. The molecule has 2 aromatic rings. The largest absolute Gasteiger partial charge is 0.399 e. The third-order valence-electron chi connectivity index (χ3n) is 4.11. The molecule has 0 unspecified atom stereocenters. The fourth-order valence-electron chi connectivity index (χ4n) is 2.87. The van der Waals surface area contributed by atoms with Crippen LogP contribution < -0.4 is 10.6 Å². The van der Waals surface area contributed by atoms with Crippen molar-refractivity contribution in [1.82, 2.24) is 4.90 Å². The fourth-order valence-corrected chi connectivity index (χ4v) is 2.87. The molecule has 1 aliphatic rings. The zero-order valence-electron chi connectivity index (χ0n) is 12.9. The highest BCUT2D eigenvalue weighted by molar-refractivity contribution is 5.94. The van der Waals surface area contributed by atoms with E-state index in [0.29, 0.717) is 18.7 Å². The molecule has 5 heteroatoms. The van der Waals surface area contributed by atoms with Crippen molar-refractivity contribution in [3.8, 4) is 0 Å². The van der Waals surface area contributed by atoms with Gasteiger partial charge in [0.15, 0.2) is 0 Å². The summed E-state index contributed by atoms with van der Waals surface area (Å²) in [7, 11) is 0. The summed E-state index contributed by atoms with van der Waals surface area (Å²) in [5, 5.41) is 0. The van der Waals surface area contributed by atoms with E-state index in [0.717, 1.165) is 30.9 Å². The van der Waals surface area contributed by atoms with E-state index in [9.17, 15) is 9.18 Å². The number of anilines is 2. The van der Waals surface area contributed by atoms with E-state index in [4.69, 9.17) is 5.73 Å². The third kappa shape index (κ3) is 3.62. The molecule has 0 bridgehead atoms. The molecular formula is C18H20FN3O. The molecule has 0 saturated carbocycles. The van der Waals surface area contributed by atoms with Crippen molar-refractivity contribution in [3.05, 3.63) is 59.9 Å². The second-order valence-electron chi connectivity index (χ2n) is 5.73. The van der Waals surface area contributed by atoms with Gasteiger partial charge in [-0.3, -0.25) is 4.79 Å². The van der Waals surface area contributed by atoms with Crippen LogP contribution >= 0.6 is 0 Å². The number of carbonyl (C=O) groups is 1. The SMILES string of the molecule is Nc1ccc(N2CCCN(C(=O)c3cccc(F)c3)CC2)cc1. The molecule has 1 heterocycles. The minimum atomic E-state index is -0.380. The summed E-state index contributed by atoms with van der Waals surface area (Å²) < 4.78 is 13.3. The predicted molar refractivity (Wildman–Crippen MR) is 90.0 cm³/mol. The molecule has 3 rings (SSSR count). The highest BCUT2D eigenvalue weighted by Crippen LogP contribution is 2.19. The van der Waals surface area contributed by atoms with Crippen molar-refractivity contribution in [1.29, 1.82) is 0 Å². The number of nitrogen functional groups attached to an aromatic ring is 1. The zero-order valence-corrected chi connectivity index (χ0v) is 12.9. The molecule has 23 heavy (non-hydrogen) atoms. The van der Waals surface area contributed by atoms with E-state index < -0.39 is 0 Å². The van der Waals surface area contributed by atoms with Crippen LogP contribution in [0.3, 0.4) is 0 Å². The Bertz CT molecular complexity index is 687. The third-order valence-corrected chi connectivity index (χ3v) is 4.11. The van der Waals surface area contributed by atoms with Crippen LogP contribution in [0.25, 0.3) is 0 Å². The van der Waals surface area contributed by atoms with E-state index in [1.165, 1.54) is 12.1 Å². The van der Waals surface area contributed by atoms with Crippen molar-refractivity contribution >= 4 is 17.3 Å². The predicted octanol–water partition coefficient (Wildman–Crippen LogP) is 2.76. The molecule has 0 aromatic heterocycles. The van der Waals surface area contributed by atoms with Gasteiger partial charge in [0.25, 0.3) is 5.91 Å². The van der Waals surface area contributed by atoms with Gasteiger partial charge in [-0.2, -0.15) is 0 Å². The van der Waals surface area contributed by atoms with Crippen molar-refractivity contribution in [2.45, 2.75) is 6.42 Å². The van der Waals surface area contributed by atoms with Crippen LogP contribution in [0, 0.1) is 5.82 Å². The van der Waals surface area contributed by atoms with Gasteiger partial charge in [-0.1, -0.05) is 6.07 Å². The van der Waals surface area contributed by atoms with E-state index in [1.807, 2.05) is 24.3 Å². The highest BCUT2D eigenvalue weighted by atomic mass is 19.1. The molecule has 1 aliphatic heterocycles. The number of hydrogen-bond acceptors (Lipinski definition) is 3. The van der Waals surface area contributed by atoms with Crippen molar-refractivity contribution in [3.63, 3.8) is 0 Å². The van der Waals surface area contributed by atoms with Crippen LogP contribution in [0.4, 0.5) is 15.8 Å². The van der Waals surface area contributed by atoms with Crippen LogP contribution in [0.15, 0.2) is 48.5 Å². The van der Waals surface area contributed by atoms with E-state index in [-0.39, 0.29) is 11.7 Å². The Kier molecular flexibility index (Phi) is 4.46. The number of nitrogens with zero attached hydrogens (tertiary/aromatic N) is 2. The summed E-state index contributed by atoms with van der Waals surface area (Å²) >= 11 is 0. The van der Waals surface area contributed by atoms with Crippen LogP contribution in [-0.2, 0) is 0 Å². The van der Waals surface area contributed by atoms with Crippen LogP contribution in [-0.4, -0.2) is 37.0 Å². The maximum absolute atomic E-state index is 13.3. The van der Waals surface area contributed by atoms with Gasteiger partial charge in [0.1, 0.15) is 5.82 Å². The monoisotopic (exact) mass is 313 g/mol. The van der Waals surface area contributed by atoms with Gasteiger partial charge in [0, 0.05) is 43.1 Å². The lowest BCUT2D eigenvalue weighted by Crippen LogP contribution is -2.35. The number of halogens is 1. The number of hydrogen-bond donors (Lipinski definition) is 1. The summed E-state index contributed by atoms with van der Waals surface area (Å²) in [5.41, 5.74) is 7.98. The normalized spacial score (nSPS) is 15.3. The number of amides is 1. The molecule has 1 saturated heterocycles. The molecular weight excluding hydrogens is 293 g/mol. The molecule has 0 radical (unpaired) electrons. The summed E-state index contributed by atoms with van der Waals surface area (Å²) in [6.45, 7) is 2.95. The first-order valence-electron chi connectivity index (χ1n) is 7.79. The first-order chi connectivity index (χ1) is 11.1. The minimum absolute atomic E-state index is 0.108. The summed E-state index contributed by atoms with van der Waals surface area (Å²) in [6.07, 6.45) is 0.880. The average molecular weight is 313 g/mol. The molecule has 120 valence electrons. The maximum atomic E-state index is 13.3. The first-order valence-corrected chi connectivity index (χ1v) is 7.79. The van der Waals surface area contributed by atoms with Crippen LogP contribution in [0.5, 0.6) is 0 Å². The summed E-state index contributed by atoms with van der Waals surface area (Å²) in [4.78, 5) is 16.6.